The Hall–Kier alpha value is -8.16. The number of aromatic hydroxyl groups is 12. The van der Waals surface area contributed by atoms with Gasteiger partial charge in [0, 0.05) is 97.7 Å². The second kappa shape index (κ2) is 51.7. The van der Waals surface area contributed by atoms with Gasteiger partial charge >= 0.3 is 50.0 Å². The van der Waals surface area contributed by atoms with E-state index in [1.165, 1.54) is 0 Å². The average molecular weight is 1820 g/mol. The number of hydrogen-bond acceptors (Lipinski definition) is 24. The van der Waals surface area contributed by atoms with E-state index in [9.17, 15) is 86.5 Å². The minimum atomic E-state index is -3.62. The van der Waals surface area contributed by atoms with Crippen molar-refractivity contribution in [3.63, 3.8) is 0 Å². The summed E-state index contributed by atoms with van der Waals surface area (Å²) < 4.78 is 110. The van der Waals surface area contributed by atoms with Crippen molar-refractivity contribution in [3.05, 3.63) is 182 Å². The van der Waals surface area contributed by atoms with E-state index >= 15 is 0 Å². The van der Waals surface area contributed by atoms with Crippen molar-refractivity contribution in [1.82, 2.24) is 0 Å². The van der Waals surface area contributed by atoms with Crippen LogP contribution in [-0.4, -0.2) is 136 Å². The number of hydrogen-bond donors (Lipinski definition) is 12. The Bertz CT molecular complexity index is 4430. The van der Waals surface area contributed by atoms with Crippen LogP contribution in [0.2, 0.25) is 0 Å². The Labute approximate surface area is 674 Å². The second-order valence-electron chi connectivity index (χ2n) is 22.9. The number of benzene rings is 12. The topological polar surface area (TPSA) is 484 Å². The molecular formula is C72H78F6O24P6S6+6. The minimum Gasteiger partial charge on any atom is -0.562 e. The van der Waals surface area contributed by atoms with Crippen LogP contribution in [0.15, 0.2) is 211 Å². The first-order chi connectivity index (χ1) is 53.0. The zero-order valence-corrected chi connectivity index (χ0v) is 72.3. The van der Waals surface area contributed by atoms with Crippen LogP contribution in [0.1, 0.15) is 0 Å². The lowest BCUT2D eigenvalue weighted by molar-refractivity contribution is -0.175. The highest BCUT2D eigenvalue weighted by atomic mass is 32.2. The fourth-order valence-electron chi connectivity index (χ4n) is 10.1. The molecule has 6 atom stereocenters. The fourth-order valence-corrected chi connectivity index (χ4v) is 15.9. The highest BCUT2D eigenvalue weighted by Crippen LogP contribution is 2.42. The predicted molar refractivity (Wildman–Crippen MR) is 441 cm³/mol. The highest BCUT2D eigenvalue weighted by Gasteiger charge is 2.24. The molecular weight excluding hydrogens is 1740 g/mol. The summed E-state index contributed by atoms with van der Waals surface area (Å²) in [5.74, 6) is 2.72. The molecule has 0 saturated heterocycles. The number of phenols is 12. The summed E-state index contributed by atoms with van der Waals surface area (Å²) >= 11 is 0. The predicted octanol–water partition coefficient (Wildman–Crippen LogP) is 14.8. The van der Waals surface area contributed by atoms with Crippen LogP contribution in [0.4, 0.5) is 25.2 Å². The molecule has 0 amide bonds. The minimum absolute atomic E-state index is 0.0568. The van der Waals surface area contributed by atoms with Gasteiger partial charge in [-0.2, -0.15) is 0 Å². The van der Waals surface area contributed by atoms with Crippen molar-refractivity contribution in [2.45, 2.75) is 29.4 Å². The second-order valence-corrected chi connectivity index (χ2v) is 37.9. The molecule has 114 heavy (non-hydrogen) atoms. The van der Waals surface area contributed by atoms with Crippen LogP contribution < -0.4 is 29.4 Å². The number of rotatable bonds is 6. The summed E-state index contributed by atoms with van der Waals surface area (Å²) in [6.45, 7) is 0. The van der Waals surface area contributed by atoms with Crippen LogP contribution in [0, 0.1) is 0 Å². The monoisotopic (exact) mass is 1820 g/mol. The van der Waals surface area contributed by atoms with Crippen LogP contribution in [-0.2, 0) is 92.8 Å². The third-order valence-corrected chi connectivity index (χ3v) is 21.7. The average Bonchev–Trinajstić information content (AvgIpc) is 0.832. The van der Waals surface area contributed by atoms with E-state index in [1.54, 1.807) is 109 Å². The molecule has 0 bridgehead atoms. The summed E-state index contributed by atoms with van der Waals surface area (Å²) in [5.41, 5.74) is 0. The molecule has 0 heterocycles. The third-order valence-electron chi connectivity index (χ3n) is 14.4. The molecule has 0 radical (unpaired) electrons. The van der Waals surface area contributed by atoms with Crippen molar-refractivity contribution >= 4 is 180 Å². The van der Waals surface area contributed by atoms with Crippen molar-refractivity contribution in [2.75, 3.05) is 75.1 Å². The lowest BCUT2D eigenvalue weighted by Crippen LogP contribution is -1.96. The molecule has 0 fully saturated rings. The SMILES string of the molecule is C[S+](C)c1ccc(O)c2cccc(O)c12.C[S+](C)c1ccc(O)c2cccc(O)c12.C[S+](C)c1ccc(O)c2cccc(O)c12.C[S+](C)c1ccc(O)c2cccc(O)c12.C[S+](C)c1ccc(O)c2cccc(O)c12.C[S+](C)c1ccc(O)c2cccc(O)c12.O=[P+]([O-])F.O=[P+]([O-])F.O=[P+]([O-])F.O=[P+]([O-])F.O=[P+]([O-])F.O=[P+]([O-])F. The maximum absolute atomic E-state index is 9.95. The van der Waals surface area contributed by atoms with Gasteiger partial charge in [-0.3, -0.25) is 0 Å². The Kier molecular flexibility index (Phi) is 47.1. The summed E-state index contributed by atoms with van der Waals surface area (Å²) in [5, 5.41) is 126. The smallest absolute Gasteiger partial charge is 0.540 e. The molecule has 12 aromatic carbocycles. The first-order valence-corrected chi connectivity index (χ1v) is 49.6. The van der Waals surface area contributed by atoms with Crippen molar-refractivity contribution in [2.24, 2.45) is 0 Å². The molecule has 0 aliphatic rings. The standard InChI is InChI=1S/6C12H12O2S.6FO2P/c6*1-15(2)11-7-6-9(13)8-4-3-5-10(14)12(8)11;6*1-4(2)3/h6*3-7H,1-2H3,(H-,13,14);;;;;;/p+6. The van der Waals surface area contributed by atoms with E-state index in [-0.39, 0.29) is 134 Å². The molecule has 6 unspecified atom stereocenters. The first-order valence-electron chi connectivity index (χ1n) is 30.9. The van der Waals surface area contributed by atoms with Gasteiger partial charge in [0.25, 0.3) is 0 Å². The van der Waals surface area contributed by atoms with E-state index in [4.69, 9.17) is 56.8 Å². The number of halogens is 6. The van der Waals surface area contributed by atoms with Crippen LogP contribution in [0.25, 0.3) is 64.6 Å². The number of fused-ring (bicyclic) bond motifs is 6. The van der Waals surface area contributed by atoms with Gasteiger partial charge in [-0.15, -0.1) is 0 Å². The van der Waals surface area contributed by atoms with Gasteiger partial charge in [0.2, 0.25) is 0 Å². The fraction of sp³-hybridized carbons (Fsp3) is 0.167. The molecule has 612 valence electrons. The summed E-state index contributed by atoms with van der Waals surface area (Å²) in [4.78, 5) is 56.7. The molecule has 12 rings (SSSR count). The van der Waals surface area contributed by atoms with E-state index in [0.29, 0.717) is 32.3 Å². The lowest BCUT2D eigenvalue weighted by atomic mass is 10.1. The van der Waals surface area contributed by atoms with Crippen LogP contribution >= 0.6 is 50.0 Å². The van der Waals surface area contributed by atoms with E-state index in [2.05, 4.69) is 75.1 Å². The normalized spacial score (nSPS) is 11.1. The van der Waals surface area contributed by atoms with Gasteiger partial charge in [0.05, 0.1) is 57.5 Å². The summed E-state index contributed by atoms with van der Waals surface area (Å²) in [7, 11) is -21.4. The van der Waals surface area contributed by atoms with E-state index in [0.717, 1.165) is 61.7 Å². The Morgan fingerprint density at radius 2 is 0.289 bits per heavy atom. The number of phenolic OH excluding ortho intramolecular Hbond substituents is 12. The van der Waals surface area contributed by atoms with Crippen molar-refractivity contribution in [3.8, 4) is 69.0 Å². The maximum atomic E-state index is 9.95. The van der Waals surface area contributed by atoms with Crippen LogP contribution in [0.3, 0.4) is 0 Å². The Morgan fingerprint density at radius 1 is 0.193 bits per heavy atom. The van der Waals surface area contributed by atoms with Gasteiger partial charge in [-0.1, -0.05) is 72.8 Å². The molecule has 42 heteroatoms. The molecule has 0 aliphatic heterocycles. The molecule has 0 saturated carbocycles. The van der Waals surface area contributed by atoms with Crippen LogP contribution in [0.5, 0.6) is 69.0 Å². The lowest BCUT2D eigenvalue weighted by Gasteiger charge is -2.06. The summed E-state index contributed by atoms with van der Waals surface area (Å²) in [6.07, 6.45) is 25.1. The molecule has 0 aromatic heterocycles. The van der Waals surface area contributed by atoms with Gasteiger partial charge in [0.15, 0.2) is 29.4 Å². The van der Waals surface area contributed by atoms with Gasteiger partial charge in [-0.05, 0) is 137 Å². The third kappa shape index (κ3) is 34.7. The highest BCUT2D eigenvalue weighted by molar-refractivity contribution is 7.97. The molecule has 0 spiro atoms. The molecule has 12 aromatic rings. The van der Waals surface area contributed by atoms with Crippen molar-refractivity contribution < 1.29 is 143 Å². The van der Waals surface area contributed by atoms with E-state index in [1.807, 2.05) is 72.8 Å². The van der Waals surface area contributed by atoms with E-state index < -0.39 is 50.0 Å². The zero-order chi connectivity index (χ0) is 87.5. The maximum Gasteiger partial charge on any atom is 0.540 e. The Balaban J connectivity index is 0.000000646. The van der Waals surface area contributed by atoms with Gasteiger partial charge in [0.1, 0.15) is 144 Å². The quantitative estimate of drug-likeness (QED) is 0.0418. The Morgan fingerprint density at radius 3 is 0.377 bits per heavy atom. The van der Waals surface area contributed by atoms with Gasteiger partial charge < -0.3 is 90.6 Å². The molecule has 12 N–H and O–H groups in total. The summed E-state index contributed by atoms with van der Waals surface area (Å²) in [6, 6.07) is 52.6. The van der Waals surface area contributed by atoms with Crippen molar-refractivity contribution in [1.29, 1.82) is 0 Å². The first kappa shape index (κ1) is 104. The molecule has 0 aliphatic carbocycles. The largest absolute Gasteiger partial charge is 0.562 e. The molecule has 24 nitrogen and oxygen atoms in total. The van der Waals surface area contributed by atoms with Gasteiger partial charge in [-0.25, -0.2) is 0 Å². The zero-order valence-electron chi connectivity index (χ0n) is 62.0.